The lowest BCUT2D eigenvalue weighted by Gasteiger charge is -2.36. The Balaban J connectivity index is 0.00000133. The van der Waals surface area contributed by atoms with E-state index >= 15 is 0 Å². The zero-order chi connectivity index (χ0) is 12.5. The summed E-state index contributed by atoms with van der Waals surface area (Å²) < 4.78 is 0. The van der Waals surface area contributed by atoms with Crippen LogP contribution in [0.5, 0.6) is 0 Å². The molecule has 1 fully saturated rings. The summed E-state index contributed by atoms with van der Waals surface area (Å²) in [7, 11) is 0. The zero-order valence-corrected chi connectivity index (χ0v) is 12.1. The first-order chi connectivity index (χ1) is 8.75. The van der Waals surface area contributed by atoms with Crippen LogP contribution in [0.15, 0.2) is 24.3 Å². The molecule has 0 radical (unpaired) electrons. The molecule has 0 spiro atoms. The van der Waals surface area contributed by atoms with E-state index in [-0.39, 0.29) is 18.3 Å². The van der Waals surface area contributed by atoms with Crippen LogP contribution in [0.25, 0.3) is 0 Å². The average Bonchev–Trinajstić information content (AvgIpc) is 2.35. The molecule has 2 heterocycles. The van der Waals surface area contributed by atoms with Crippen molar-refractivity contribution in [2.75, 3.05) is 19.6 Å². The SMILES string of the molecule is CC(C(=O)N1CCc2ccccc2C1)C1CNC1.Cl. The molecule has 1 aromatic rings. The van der Waals surface area contributed by atoms with Crippen LogP contribution < -0.4 is 5.32 Å². The first kappa shape index (κ1) is 14.4. The van der Waals surface area contributed by atoms with Crippen LogP contribution in [0.1, 0.15) is 18.1 Å². The van der Waals surface area contributed by atoms with E-state index in [0.717, 1.165) is 32.6 Å². The molecule has 3 nitrogen and oxygen atoms in total. The number of hydrogen-bond acceptors (Lipinski definition) is 2. The number of nitrogens with zero attached hydrogens (tertiary/aromatic N) is 1. The van der Waals surface area contributed by atoms with E-state index in [1.807, 2.05) is 4.90 Å². The number of rotatable bonds is 2. The van der Waals surface area contributed by atoms with Gasteiger partial charge < -0.3 is 10.2 Å². The maximum absolute atomic E-state index is 12.4. The molecule has 1 atom stereocenters. The Morgan fingerprint density at radius 2 is 2.00 bits per heavy atom. The Bertz CT molecular complexity index is 459. The highest BCUT2D eigenvalue weighted by Crippen LogP contribution is 2.23. The number of hydrogen-bond donors (Lipinski definition) is 1. The van der Waals surface area contributed by atoms with Gasteiger partial charge in [0.2, 0.25) is 5.91 Å². The summed E-state index contributed by atoms with van der Waals surface area (Å²) in [5.74, 6) is 1.03. The second kappa shape index (κ2) is 5.93. The Hall–Kier alpha value is -1.06. The van der Waals surface area contributed by atoms with Gasteiger partial charge in [-0.15, -0.1) is 12.4 Å². The van der Waals surface area contributed by atoms with Crippen LogP contribution in [-0.2, 0) is 17.8 Å². The van der Waals surface area contributed by atoms with Crippen molar-refractivity contribution in [3.05, 3.63) is 35.4 Å². The largest absolute Gasteiger partial charge is 0.338 e. The molecule has 19 heavy (non-hydrogen) atoms. The van der Waals surface area contributed by atoms with Gasteiger partial charge in [-0.25, -0.2) is 0 Å². The highest BCUT2D eigenvalue weighted by Gasteiger charge is 2.32. The van der Waals surface area contributed by atoms with E-state index in [4.69, 9.17) is 0 Å². The second-order valence-corrected chi connectivity index (χ2v) is 5.49. The highest BCUT2D eigenvalue weighted by atomic mass is 35.5. The number of benzene rings is 1. The summed E-state index contributed by atoms with van der Waals surface area (Å²) >= 11 is 0. The van der Waals surface area contributed by atoms with E-state index in [2.05, 4.69) is 36.5 Å². The van der Waals surface area contributed by atoms with Gasteiger partial charge in [0.05, 0.1) is 0 Å². The fraction of sp³-hybridized carbons (Fsp3) is 0.533. The van der Waals surface area contributed by atoms with Gasteiger partial charge in [-0.1, -0.05) is 31.2 Å². The number of fused-ring (bicyclic) bond motifs is 1. The lowest BCUT2D eigenvalue weighted by atomic mass is 9.87. The van der Waals surface area contributed by atoms with Gasteiger partial charge in [0.25, 0.3) is 0 Å². The topological polar surface area (TPSA) is 32.3 Å². The van der Waals surface area contributed by atoms with Gasteiger partial charge in [-0.05, 0) is 36.6 Å². The molecule has 3 rings (SSSR count). The van der Waals surface area contributed by atoms with E-state index in [9.17, 15) is 4.79 Å². The third-order valence-corrected chi connectivity index (χ3v) is 4.35. The Labute approximate surface area is 120 Å². The average molecular weight is 281 g/mol. The monoisotopic (exact) mass is 280 g/mol. The summed E-state index contributed by atoms with van der Waals surface area (Å²) in [4.78, 5) is 14.5. The maximum Gasteiger partial charge on any atom is 0.226 e. The van der Waals surface area contributed by atoms with Gasteiger partial charge in [0.15, 0.2) is 0 Å². The minimum absolute atomic E-state index is 0. The highest BCUT2D eigenvalue weighted by molar-refractivity contribution is 5.85. The number of amides is 1. The molecular formula is C15H21ClN2O. The Morgan fingerprint density at radius 1 is 1.32 bits per heavy atom. The molecule has 0 aromatic heterocycles. The molecule has 0 aliphatic carbocycles. The first-order valence-corrected chi connectivity index (χ1v) is 6.82. The minimum atomic E-state index is 0. The van der Waals surface area contributed by atoms with Crippen molar-refractivity contribution in [2.45, 2.75) is 19.9 Å². The molecule has 4 heteroatoms. The van der Waals surface area contributed by atoms with Crippen molar-refractivity contribution in [3.63, 3.8) is 0 Å². The van der Waals surface area contributed by atoms with Crippen molar-refractivity contribution < 1.29 is 4.79 Å². The van der Waals surface area contributed by atoms with Crippen LogP contribution in [0.2, 0.25) is 0 Å². The second-order valence-electron chi connectivity index (χ2n) is 5.49. The van der Waals surface area contributed by atoms with Crippen molar-refractivity contribution in [1.29, 1.82) is 0 Å². The van der Waals surface area contributed by atoms with E-state index in [1.54, 1.807) is 0 Å². The minimum Gasteiger partial charge on any atom is -0.338 e. The normalized spacial score (nSPS) is 19.9. The smallest absolute Gasteiger partial charge is 0.226 e. The first-order valence-electron chi connectivity index (χ1n) is 6.82. The third kappa shape index (κ3) is 2.77. The molecule has 1 saturated heterocycles. The van der Waals surface area contributed by atoms with Gasteiger partial charge in [0, 0.05) is 19.0 Å². The number of nitrogens with one attached hydrogen (secondary N) is 1. The summed E-state index contributed by atoms with van der Waals surface area (Å²) in [6.45, 7) is 5.74. The molecule has 0 saturated carbocycles. The van der Waals surface area contributed by atoms with Crippen molar-refractivity contribution in [3.8, 4) is 0 Å². The van der Waals surface area contributed by atoms with Crippen molar-refractivity contribution in [1.82, 2.24) is 10.2 Å². The van der Waals surface area contributed by atoms with Crippen molar-refractivity contribution >= 4 is 18.3 Å². The fourth-order valence-corrected chi connectivity index (χ4v) is 2.84. The number of carbonyl (C=O) groups excluding carboxylic acids is 1. The molecule has 1 unspecified atom stereocenters. The molecule has 104 valence electrons. The molecule has 2 aliphatic rings. The van der Waals surface area contributed by atoms with Gasteiger partial charge in [-0.3, -0.25) is 4.79 Å². The van der Waals surface area contributed by atoms with E-state index in [0.29, 0.717) is 11.8 Å². The lowest BCUT2D eigenvalue weighted by Crippen LogP contribution is -2.51. The zero-order valence-electron chi connectivity index (χ0n) is 11.3. The third-order valence-electron chi connectivity index (χ3n) is 4.35. The Morgan fingerprint density at radius 3 is 2.63 bits per heavy atom. The predicted molar refractivity (Wildman–Crippen MR) is 78.3 cm³/mol. The lowest BCUT2D eigenvalue weighted by molar-refractivity contribution is -0.138. The number of halogens is 1. The molecule has 1 N–H and O–H groups in total. The van der Waals surface area contributed by atoms with Gasteiger partial charge >= 0.3 is 0 Å². The van der Waals surface area contributed by atoms with Gasteiger partial charge in [-0.2, -0.15) is 0 Å². The maximum atomic E-state index is 12.4. The molecule has 2 aliphatic heterocycles. The summed E-state index contributed by atoms with van der Waals surface area (Å²) in [5.41, 5.74) is 2.72. The quantitative estimate of drug-likeness (QED) is 0.897. The molecule has 0 bridgehead atoms. The standard InChI is InChI=1S/C15H20N2O.ClH/c1-11(14-8-16-9-14)15(18)17-7-6-12-4-2-3-5-13(12)10-17;/h2-5,11,14,16H,6-10H2,1H3;1H. The van der Waals surface area contributed by atoms with E-state index < -0.39 is 0 Å². The number of carbonyl (C=O) groups is 1. The molecular weight excluding hydrogens is 260 g/mol. The summed E-state index contributed by atoms with van der Waals surface area (Å²) in [6.07, 6.45) is 0.998. The molecule has 1 aromatic carbocycles. The van der Waals surface area contributed by atoms with Crippen LogP contribution >= 0.6 is 12.4 Å². The summed E-state index contributed by atoms with van der Waals surface area (Å²) in [6, 6.07) is 8.46. The van der Waals surface area contributed by atoms with Crippen LogP contribution in [0, 0.1) is 11.8 Å². The van der Waals surface area contributed by atoms with Crippen molar-refractivity contribution in [2.24, 2.45) is 11.8 Å². The van der Waals surface area contributed by atoms with E-state index in [1.165, 1.54) is 11.1 Å². The molecule has 1 amide bonds. The predicted octanol–water partition coefficient (Wildman–Crippen LogP) is 1.85. The van der Waals surface area contributed by atoms with Crippen LogP contribution in [-0.4, -0.2) is 30.4 Å². The fourth-order valence-electron chi connectivity index (χ4n) is 2.84. The van der Waals surface area contributed by atoms with Gasteiger partial charge in [0.1, 0.15) is 0 Å². The van der Waals surface area contributed by atoms with Crippen LogP contribution in [0.3, 0.4) is 0 Å². The Kier molecular flexibility index (Phi) is 4.48. The van der Waals surface area contributed by atoms with Crippen LogP contribution in [0.4, 0.5) is 0 Å². The summed E-state index contributed by atoms with van der Waals surface area (Å²) in [5, 5.41) is 3.24.